The van der Waals surface area contributed by atoms with Crippen LogP contribution in [-0.4, -0.2) is 41.0 Å². The van der Waals surface area contributed by atoms with Crippen LogP contribution in [0.3, 0.4) is 0 Å². The zero-order valence-electron chi connectivity index (χ0n) is 15.0. The quantitative estimate of drug-likeness (QED) is 0.761. The Kier molecular flexibility index (Phi) is 4.86. The number of aromatic nitrogens is 1. The zero-order chi connectivity index (χ0) is 17.1. The number of nitrogens with one attached hydrogen (secondary N) is 1. The Morgan fingerprint density at radius 3 is 2.16 bits per heavy atom. The predicted molar refractivity (Wildman–Crippen MR) is 105 cm³/mol. The Hall–Kier alpha value is -2.10. The summed E-state index contributed by atoms with van der Waals surface area (Å²) in [5, 5.41) is 1.36. The summed E-state index contributed by atoms with van der Waals surface area (Å²) in [6.07, 6.45) is 3.29. The molecule has 3 aromatic rings. The Balaban J connectivity index is 1.32. The molecule has 4 rings (SSSR count). The summed E-state index contributed by atoms with van der Waals surface area (Å²) in [6, 6.07) is 17.7. The van der Waals surface area contributed by atoms with E-state index in [2.05, 4.69) is 76.4 Å². The molecule has 1 saturated heterocycles. The van der Waals surface area contributed by atoms with E-state index in [1.165, 1.54) is 27.6 Å². The Morgan fingerprint density at radius 1 is 0.800 bits per heavy atom. The number of fused-ring (bicyclic) bond motifs is 1. The van der Waals surface area contributed by atoms with Gasteiger partial charge in [0, 0.05) is 56.4 Å². The van der Waals surface area contributed by atoms with Crippen molar-refractivity contribution in [3.8, 4) is 0 Å². The monoisotopic (exact) mass is 333 g/mol. The van der Waals surface area contributed by atoms with E-state index in [0.717, 1.165) is 45.7 Å². The predicted octanol–water partition coefficient (Wildman–Crippen LogP) is 4.05. The molecule has 0 bridgehead atoms. The third kappa shape index (κ3) is 3.78. The fraction of sp³-hybridized carbons (Fsp3) is 0.364. The Morgan fingerprint density at radius 2 is 1.44 bits per heavy atom. The minimum atomic E-state index is 1.04. The molecule has 3 heteroatoms. The highest BCUT2D eigenvalue weighted by Gasteiger charge is 2.18. The molecule has 1 fully saturated rings. The van der Waals surface area contributed by atoms with Crippen LogP contribution in [0.15, 0.2) is 54.7 Å². The average Bonchev–Trinajstić information content (AvgIpc) is 3.07. The molecule has 3 nitrogen and oxygen atoms in total. The summed E-state index contributed by atoms with van der Waals surface area (Å²) < 4.78 is 0. The van der Waals surface area contributed by atoms with Gasteiger partial charge in [0.1, 0.15) is 0 Å². The second-order valence-corrected chi connectivity index (χ2v) is 7.08. The van der Waals surface area contributed by atoms with Gasteiger partial charge in [0.05, 0.1) is 0 Å². The molecule has 0 radical (unpaired) electrons. The van der Waals surface area contributed by atoms with Crippen molar-refractivity contribution in [2.75, 3.05) is 26.2 Å². The van der Waals surface area contributed by atoms with Crippen LogP contribution in [0, 0.1) is 0 Å². The van der Waals surface area contributed by atoms with Crippen LogP contribution in [0.1, 0.15) is 23.6 Å². The summed E-state index contributed by atoms with van der Waals surface area (Å²) in [5.41, 5.74) is 5.51. The maximum Gasteiger partial charge on any atom is 0.0457 e. The van der Waals surface area contributed by atoms with Gasteiger partial charge in [0.15, 0.2) is 0 Å². The van der Waals surface area contributed by atoms with Gasteiger partial charge in [-0.25, -0.2) is 0 Å². The number of nitrogens with zero attached hydrogens (tertiary/aromatic N) is 2. The summed E-state index contributed by atoms with van der Waals surface area (Å²) >= 11 is 0. The molecule has 1 aromatic heterocycles. The fourth-order valence-corrected chi connectivity index (χ4v) is 3.75. The summed E-state index contributed by atoms with van der Waals surface area (Å²) in [6.45, 7) is 8.92. The van der Waals surface area contributed by atoms with Crippen molar-refractivity contribution in [3.05, 3.63) is 71.4 Å². The highest BCUT2D eigenvalue weighted by Crippen LogP contribution is 2.20. The van der Waals surface area contributed by atoms with E-state index in [1.807, 2.05) is 0 Å². The molecule has 2 heterocycles. The maximum atomic E-state index is 3.39. The van der Waals surface area contributed by atoms with E-state index < -0.39 is 0 Å². The van der Waals surface area contributed by atoms with E-state index in [-0.39, 0.29) is 0 Å². The van der Waals surface area contributed by atoms with Gasteiger partial charge in [-0.3, -0.25) is 9.80 Å². The van der Waals surface area contributed by atoms with Crippen LogP contribution in [0.5, 0.6) is 0 Å². The number of benzene rings is 2. The number of H-pyrrole nitrogens is 1. The van der Waals surface area contributed by atoms with Gasteiger partial charge in [0.2, 0.25) is 0 Å². The first kappa shape index (κ1) is 16.4. The topological polar surface area (TPSA) is 22.3 Å². The lowest BCUT2D eigenvalue weighted by atomic mass is 10.1. The lowest BCUT2D eigenvalue weighted by Crippen LogP contribution is -2.45. The summed E-state index contributed by atoms with van der Waals surface area (Å²) in [5.74, 6) is 0. The normalized spacial score (nSPS) is 16.5. The van der Waals surface area contributed by atoms with E-state index in [4.69, 9.17) is 0 Å². The van der Waals surface area contributed by atoms with Crippen LogP contribution in [0.4, 0.5) is 0 Å². The Labute approximate surface area is 150 Å². The number of hydrogen-bond acceptors (Lipinski definition) is 2. The van der Waals surface area contributed by atoms with Gasteiger partial charge in [-0.2, -0.15) is 0 Å². The minimum Gasteiger partial charge on any atom is -0.361 e. The molecule has 0 unspecified atom stereocenters. The average molecular weight is 333 g/mol. The molecule has 0 saturated carbocycles. The third-order valence-corrected chi connectivity index (χ3v) is 5.37. The van der Waals surface area contributed by atoms with Crippen molar-refractivity contribution in [1.29, 1.82) is 0 Å². The highest BCUT2D eigenvalue weighted by molar-refractivity contribution is 5.82. The number of para-hydroxylation sites is 1. The standard InChI is InChI=1S/C22H27N3/c1-2-18-7-9-19(10-8-18)16-24-11-13-25(14-12-24)17-20-15-23-22-6-4-3-5-21(20)22/h3-10,15,23H,2,11-14,16-17H2,1H3. The summed E-state index contributed by atoms with van der Waals surface area (Å²) in [4.78, 5) is 8.54. The second-order valence-electron chi connectivity index (χ2n) is 7.08. The SMILES string of the molecule is CCc1ccc(CN2CCN(Cc3c[nH]c4ccccc34)CC2)cc1. The second kappa shape index (κ2) is 7.42. The first-order valence-corrected chi connectivity index (χ1v) is 9.39. The lowest BCUT2D eigenvalue weighted by molar-refractivity contribution is 0.122. The van der Waals surface area contributed by atoms with Crippen molar-refractivity contribution >= 4 is 10.9 Å². The van der Waals surface area contributed by atoms with Gasteiger partial charge < -0.3 is 4.98 Å². The molecule has 1 aliphatic rings. The molecule has 25 heavy (non-hydrogen) atoms. The van der Waals surface area contributed by atoms with Crippen LogP contribution < -0.4 is 0 Å². The van der Waals surface area contributed by atoms with Crippen molar-refractivity contribution in [2.45, 2.75) is 26.4 Å². The fourth-order valence-electron chi connectivity index (χ4n) is 3.75. The largest absolute Gasteiger partial charge is 0.361 e. The first-order chi connectivity index (χ1) is 12.3. The van der Waals surface area contributed by atoms with Crippen LogP contribution in [0.25, 0.3) is 10.9 Å². The molecule has 1 aliphatic heterocycles. The van der Waals surface area contributed by atoms with Crippen molar-refractivity contribution < 1.29 is 0 Å². The van der Waals surface area contributed by atoms with E-state index in [9.17, 15) is 0 Å². The number of rotatable bonds is 5. The van der Waals surface area contributed by atoms with Crippen molar-refractivity contribution in [3.63, 3.8) is 0 Å². The van der Waals surface area contributed by atoms with Crippen molar-refractivity contribution in [1.82, 2.24) is 14.8 Å². The minimum absolute atomic E-state index is 1.04. The molecule has 2 aromatic carbocycles. The number of aryl methyl sites for hydroxylation is 1. The van der Waals surface area contributed by atoms with Gasteiger partial charge in [-0.15, -0.1) is 0 Å². The van der Waals surface area contributed by atoms with Gasteiger partial charge in [-0.05, 0) is 29.2 Å². The summed E-state index contributed by atoms with van der Waals surface area (Å²) in [7, 11) is 0. The maximum absolute atomic E-state index is 3.39. The van der Waals surface area contributed by atoms with E-state index in [0.29, 0.717) is 0 Å². The molecule has 0 spiro atoms. The van der Waals surface area contributed by atoms with E-state index in [1.54, 1.807) is 0 Å². The smallest absolute Gasteiger partial charge is 0.0457 e. The van der Waals surface area contributed by atoms with Crippen LogP contribution in [0.2, 0.25) is 0 Å². The molecule has 1 N–H and O–H groups in total. The molecule has 130 valence electrons. The van der Waals surface area contributed by atoms with Gasteiger partial charge in [-0.1, -0.05) is 49.4 Å². The molecule has 0 atom stereocenters. The number of hydrogen-bond donors (Lipinski definition) is 1. The Bertz CT molecular complexity index is 811. The van der Waals surface area contributed by atoms with Crippen LogP contribution >= 0.6 is 0 Å². The third-order valence-electron chi connectivity index (χ3n) is 5.37. The van der Waals surface area contributed by atoms with Gasteiger partial charge in [0.25, 0.3) is 0 Å². The number of aromatic amines is 1. The zero-order valence-corrected chi connectivity index (χ0v) is 15.0. The molecular weight excluding hydrogens is 306 g/mol. The van der Waals surface area contributed by atoms with Crippen LogP contribution in [-0.2, 0) is 19.5 Å². The van der Waals surface area contributed by atoms with E-state index >= 15 is 0 Å². The van der Waals surface area contributed by atoms with Crippen molar-refractivity contribution in [2.24, 2.45) is 0 Å². The highest BCUT2D eigenvalue weighted by atomic mass is 15.3. The lowest BCUT2D eigenvalue weighted by Gasteiger charge is -2.34. The first-order valence-electron chi connectivity index (χ1n) is 9.39. The number of piperazine rings is 1. The molecule has 0 amide bonds. The molecule has 0 aliphatic carbocycles. The molecular formula is C22H27N3. The van der Waals surface area contributed by atoms with Gasteiger partial charge >= 0.3 is 0 Å².